The van der Waals surface area contributed by atoms with Crippen LogP contribution in [0.3, 0.4) is 0 Å². The van der Waals surface area contributed by atoms with Gasteiger partial charge in [-0.2, -0.15) is 9.97 Å². The van der Waals surface area contributed by atoms with Gasteiger partial charge in [0.1, 0.15) is 17.4 Å². The minimum absolute atomic E-state index is 0.000660. The van der Waals surface area contributed by atoms with Crippen molar-refractivity contribution in [1.82, 2.24) is 9.97 Å². The Kier molecular flexibility index (Phi) is 4.29. The summed E-state index contributed by atoms with van der Waals surface area (Å²) >= 11 is 0. The molecule has 2 atom stereocenters. The zero-order valence-electron chi connectivity index (χ0n) is 19.1. The molecular formula is C26H23FN6O2. The number of anilines is 2. The van der Waals surface area contributed by atoms with Gasteiger partial charge in [-0.1, -0.05) is 0 Å². The van der Waals surface area contributed by atoms with Crippen LogP contribution in [0.2, 0.25) is 0 Å². The third kappa shape index (κ3) is 3.15. The van der Waals surface area contributed by atoms with Crippen molar-refractivity contribution < 1.29 is 13.9 Å². The number of ketones is 1. The highest BCUT2D eigenvalue weighted by Crippen LogP contribution is 2.50. The quantitative estimate of drug-likeness (QED) is 0.468. The van der Waals surface area contributed by atoms with Gasteiger partial charge in [-0.25, -0.2) is 4.39 Å². The van der Waals surface area contributed by atoms with Crippen LogP contribution < -0.4 is 20.7 Å². The number of hydrogen-bond donors (Lipinski definition) is 2. The lowest BCUT2D eigenvalue weighted by molar-refractivity contribution is 0.100. The number of hydrogen-bond acceptors (Lipinski definition) is 8. The van der Waals surface area contributed by atoms with Crippen molar-refractivity contribution in [2.24, 2.45) is 22.6 Å². The van der Waals surface area contributed by atoms with E-state index in [0.29, 0.717) is 35.3 Å². The van der Waals surface area contributed by atoms with E-state index in [1.54, 1.807) is 37.5 Å². The molecule has 0 radical (unpaired) electrons. The number of nitrogens with one attached hydrogen (secondary N) is 1. The summed E-state index contributed by atoms with van der Waals surface area (Å²) < 4.78 is 20.6. The average molecular weight is 471 g/mol. The predicted molar refractivity (Wildman–Crippen MR) is 131 cm³/mol. The summed E-state index contributed by atoms with van der Waals surface area (Å²) in [6.45, 7) is 1.62. The number of carbonyl (C=O) groups is 1. The number of nitrogens with two attached hydrogens (primary N) is 1. The number of aliphatic imine (C=N–C) groups is 1. The second kappa shape index (κ2) is 7.32. The Morgan fingerprint density at radius 3 is 2.77 bits per heavy atom. The fourth-order valence-electron chi connectivity index (χ4n) is 5.69. The lowest BCUT2D eigenvalue weighted by Crippen LogP contribution is -2.29. The molecule has 176 valence electrons. The average Bonchev–Trinajstić information content (AvgIpc) is 3.19. The van der Waals surface area contributed by atoms with Gasteiger partial charge in [-0.3, -0.25) is 9.79 Å². The summed E-state index contributed by atoms with van der Waals surface area (Å²) in [5, 5.41) is 3.11. The topological polar surface area (TPSA) is 106 Å². The van der Waals surface area contributed by atoms with Gasteiger partial charge in [0.15, 0.2) is 5.78 Å². The van der Waals surface area contributed by atoms with Gasteiger partial charge in [0, 0.05) is 62.0 Å². The fraction of sp³-hybridized carbons (Fsp3) is 0.308. The van der Waals surface area contributed by atoms with E-state index < -0.39 is 0 Å². The summed E-state index contributed by atoms with van der Waals surface area (Å²) in [5.41, 5.74) is 11.5. The molecule has 1 aromatic heterocycles. The van der Waals surface area contributed by atoms with Crippen LogP contribution in [0, 0.1) is 17.7 Å². The number of carbonyl (C=O) groups excluding carboxylic acids is 1. The minimum Gasteiger partial charge on any atom is -0.424 e. The second-order valence-corrected chi connectivity index (χ2v) is 9.59. The number of nitrogens with zero attached hydrogens (tertiary/aromatic N) is 4. The molecule has 2 aliphatic carbocycles. The Morgan fingerprint density at radius 1 is 1.14 bits per heavy atom. The van der Waals surface area contributed by atoms with E-state index in [4.69, 9.17) is 20.4 Å². The maximum absolute atomic E-state index is 14.5. The number of rotatable bonds is 4. The van der Waals surface area contributed by atoms with Crippen LogP contribution in [-0.2, 0) is 6.42 Å². The van der Waals surface area contributed by atoms with Crippen molar-refractivity contribution >= 4 is 29.2 Å². The molecule has 1 saturated heterocycles. The minimum atomic E-state index is -0.306. The van der Waals surface area contributed by atoms with Gasteiger partial charge >= 0.3 is 6.01 Å². The Morgan fingerprint density at radius 2 is 1.97 bits per heavy atom. The first-order valence-corrected chi connectivity index (χ1v) is 11.8. The zero-order valence-corrected chi connectivity index (χ0v) is 19.1. The summed E-state index contributed by atoms with van der Waals surface area (Å²) in [4.78, 5) is 28.4. The standard InChI is InChI=1S/C26H23FN6O2/c1-29-20-7-12(27)6-15-14(20)9-21-23(15)25(33-10-17-18(11-33)24(17)28)32-26(31-21)35-13-2-3-19-16(8-13)22(34)4-5-30-19/h2-3,5-8,17-18,24,29H,4,9-11,28H2,1H3. The molecule has 1 saturated carbocycles. The van der Waals surface area contributed by atoms with Crippen molar-refractivity contribution in [3.63, 3.8) is 0 Å². The summed E-state index contributed by atoms with van der Waals surface area (Å²) in [6.07, 6.45) is 2.44. The highest BCUT2D eigenvalue weighted by atomic mass is 19.1. The lowest BCUT2D eigenvalue weighted by Gasteiger charge is -2.23. The third-order valence-corrected chi connectivity index (χ3v) is 7.59. The normalized spacial score (nSPS) is 23.0. The van der Waals surface area contributed by atoms with E-state index in [0.717, 1.165) is 47.0 Å². The van der Waals surface area contributed by atoms with Crippen LogP contribution in [0.15, 0.2) is 35.3 Å². The lowest BCUT2D eigenvalue weighted by atomic mass is 10.0. The summed E-state index contributed by atoms with van der Waals surface area (Å²) in [6, 6.07) is 8.73. The van der Waals surface area contributed by atoms with Crippen molar-refractivity contribution in [3.8, 4) is 22.9 Å². The molecule has 3 aromatic rings. The highest BCUT2D eigenvalue weighted by Gasteiger charge is 2.54. The Hall–Kier alpha value is -3.85. The molecule has 7 rings (SSSR count). The molecule has 0 bridgehead atoms. The van der Waals surface area contributed by atoms with E-state index in [9.17, 15) is 9.18 Å². The molecule has 2 aliphatic heterocycles. The monoisotopic (exact) mass is 470 g/mol. The van der Waals surface area contributed by atoms with Gasteiger partial charge in [0.2, 0.25) is 0 Å². The Balaban J connectivity index is 1.31. The molecule has 2 unspecified atom stereocenters. The highest BCUT2D eigenvalue weighted by molar-refractivity contribution is 6.10. The van der Waals surface area contributed by atoms with E-state index >= 15 is 0 Å². The zero-order chi connectivity index (χ0) is 23.8. The van der Waals surface area contributed by atoms with Gasteiger partial charge < -0.3 is 20.7 Å². The van der Waals surface area contributed by atoms with Crippen molar-refractivity contribution in [3.05, 3.63) is 53.0 Å². The molecule has 3 N–H and O–H groups in total. The van der Waals surface area contributed by atoms with Crippen LogP contribution in [0.25, 0.3) is 11.1 Å². The largest absolute Gasteiger partial charge is 0.424 e. The van der Waals surface area contributed by atoms with Crippen LogP contribution >= 0.6 is 0 Å². The van der Waals surface area contributed by atoms with Crippen LogP contribution in [0.4, 0.5) is 21.6 Å². The molecule has 9 heteroatoms. The van der Waals surface area contributed by atoms with Gasteiger partial charge in [0.05, 0.1) is 11.4 Å². The number of fused-ring (bicyclic) bond motifs is 5. The first kappa shape index (κ1) is 20.5. The van der Waals surface area contributed by atoms with E-state index in [1.165, 1.54) is 6.07 Å². The van der Waals surface area contributed by atoms with Gasteiger partial charge in [-0.05, 0) is 53.3 Å². The van der Waals surface area contributed by atoms with Gasteiger partial charge in [-0.15, -0.1) is 0 Å². The number of halogens is 1. The summed E-state index contributed by atoms with van der Waals surface area (Å²) in [5.74, 6) is 1.83. The summed E-state index contributed by atoms with van der Waals surface area (Å²) in [7, 11) is 1.79. The van der Waals surface area contributed by atoms with E-state index in [1.807, 2.05) is 0 Å². The third-order valence-electron chi connectivity index (χ3n) is 7.59. The molecule has 8 nitrogen and oxygen atoms in total. The van der Waals surface area contributed by atoms with Crippen LogP contribution in [0.1, 0.15) is 28.0 Å². The maximum atomic E-state index is 14.5. The van der Waals surface area contributed by atoms with Crippen molar-refractivity contribution in [2.45, 2.75) is 18.9 Å². The van der Waals surface area contributed by atoms with Gasteiger partial charge in [0.25, 0.3) is 0 Å². The molecule has 4 aliphatic rings. The first-order valence-electron chi connectivity index (χ1n) is 11.8. The number of benzene rings is 2. The first-order chi connectivity index (χ1) is 17.0. The number of aromatic nitrogens is 2. The second-order valence-electron chi connectivity index (χ2n) is 9.59. The Bertz CT molecular complexity index is 1440. The van der Waals surface area contributed by atoms with E-state index in [-0.39, 0.29) is 30.1 Å². The SMILES string of the molecule is CNc1cc(F)cc2c1Cc1nc(Oc3ccc4c(c3)C(=O)CC=N4)nc(N3CC4C(N)C4C3)c1-2. The van der Waals surface area contributed by atoms with E-state index in [2.05, 4.69) is 15.2 Å². The molecule has 0 spiro atoms. The fourth-order valence-corrected chi connectivity index (χ4v) is 5.69. The molecule has 35 heavy (non-hydrogen) atoms. The molecule has 0 amide bonds. The van der Waals surface area contributed by atoms with Crippen LogP contribution in [-0.4, -0.2) is 48.1 Å². The van der Waals surface area contributed by atoms with Crippen molar-refractivity contribution in [1.29, 1.82) is 0 Å². The predicted octanol–water partition coefficient (Wildman–Crippen LogP) is 3.70. The molecular weight excluding hydrogens is 447 g/mol. The number of ether oxygens (including phenoxy) is 1. The maximum Gasteiger partial charge on any atom is 0.324 e. The molecule has 2 fully saturated rings. The molecule has 3 heterocycles. The number of piperidine rings is 1. The Labute approximate surface area is 201 Å². The van der Waals surface area contributed by atoms with Crippen molar-refractivity contribution in [2.75, 3.05) is 30.4 Å². The number of Topliss-reactive ketones (excluding diaryl/α,β-unsaturated/α-hetero) is 1. The van der Waals surface area contributed by atoms with Crippen LogP contribution in [0.5, 0.6) is 11.8 Å². The smallest absolute Gasteiger partial charge is 0.324 e. The molecule has 2 aromatic carbocycles.